The third-order valence-electron chi connectivity index (χ3n) is 3.37. The van der Waals surface area contributed by atoms with Gasteiger partial charge in [-0.15, -0.1) is 0 Å². The first kappa shape index (κ1) is 12.9. The summed E-state index contributed by atoms with van der Waals surface area (Å²) in [4.78, 5) is 2.59. The largest absolute Gasteiger partial charge is 0.383 e. The van der Waals surface area contributed by atoms with E-state index in [9.17, 15) is 0 Å². The lowest BCUT2D eigenvalue weighted by Gasteiger charge is -2.48. The van der Waals surface area contributed by atoms with E-state index in [0.29, 0.717) is 12.0 Å². The molecule has 0 spiro atoms. The first-order valence-corrected chi connectivity index (χ1v) is 5.95. The van der Waals surface area contributed by atoms with Crippen molar-refractivity contribution in [1.29, 1.82) is 0 Å². The maximum atomic E-state index is 5.35. The lowest BCUT2D eigenvalue weighted by atomic mass is 9.93. The fraction of sp³-hybridized carbons (Fsp3) is 1.00. The van der Waals surface area contributed by atoms with Gasteiger partial charge in [0.2, 0.25) is 0 Å². The zero-order valence-electron chi connectivity index (χ0n) is 10.8. The predicted molar refractivity (Wildman–Crippen MR) is 64.2 cm³/mol. The molecule has 1 fully saturated rings. The molecule has 1 aliphatic heterocycles. The molecule has 1 N–H and O–H groups in total. The van der Waals surface area contributed by atoms with Gasteiger partial charge in [0.05, 0.1) is 6.61 Å². The van der Waals surface area contributed by atoms with Gasteiger partial charge in [-0.2, -0.15) is 0 Å². The van der Waals surface area contributed by atoms with Crippen LogP contribution in [0.1, 0.15) is 27.7 Å². The average molecular weight is 214 g/mol. The second-order valence-corrected chi connectivity index (χ2v) is 5.45. The highest BCUT2D eigenvalue weighted by Gasteiger charge is 2.35. The Hall–Kier alpha value is -0.120. The molecule has 0 aliphatic carbocycles. The van der Waals surface area contributed by atoms with E-state index in [4.69, 9.17) is 4.74 Å². The van der Waals surface area contributed by atoms with Crippen molar-refractivity contribution >= 4 is 0 Å². The summed E-state index contributed by atoms with van der Waals surface area (Å²) in [5.41, 5.74) is 0.242. The Morgan fingerprint density at radius 1 is 1.40 bits per heavy atom. The number of rotatable bonds is 4. The summed E-state index contributed by atoms with van der Waals surface area (Å²) in [6.45, 7) is 13.3. The van der Waals surface area contributed by atoms with E-state index in [0.717, 1.165) is 26.2 Å². The molecule has 1 aliphatic rings. The minimum absolute atomic E-state index is 0.242. The molecule has 0 saturated carbocycles. The Balaban J connectivity index is 2.71. The molecule has 1 unspecified atom stereocenters. The Bertz CT molecular complexity index is 192. The summed E-state index contributed by atoms with van der Waals surface area (Å²) >= 11 is 0. The third kappa shape index (κ3) is 3.16. The molecule has 0 aromatic carbocycles. The molecule has 0 aromatic heterocycles. The maximum Gasteiger partial charge on any atom is 0.0620 e. The molecule has 15 heavy (non-hydrogen) atoms. The van der Waals surface area contributed by atoms with Gasteiger partial charge in [0.25, 0.3) is 0 Å². The van der Waals surface area contributed by atoms with Crippen molar-refractivity contribution < 1.29 is 4.74 Å². The van der Waals surface area contributed by atoms with Crippen molar-refractivity contribution in [1.82, 2.24) is 10.2 Å². The van der Waals surface area contributed by atoms with Gasteiger partial charge in [-0.3, -0.25) is 4.90 Å². The van der Waals surface area contributed by atoms with Crippen LogP contribution in [-0.2, 0) is 4.74 Å². The molecule has 1 rings (SSSR count). The Morgan fingerprint density at radius 3 is 2.53 bits per heavy atom. The molecule has 3 heteroatoms. The highest BCUT2D eigenvalue weighted by molar-refractivity contribution is 4.93. The van der Waals surface area contributed by atoms with Crippen LogP contribution in [0.5, 0.6) is 0 Å². The summed E-state index contributed by atoms with van der Waals surface area (Å²) in [5, 5.41) is 3.46. The van der Waals surface area contributed by atoms with Crippen molar-refractivity contribution in [2.24, 2.45) is 5.92 Å². The van der Waals surface area contributed by atoms with Gasteiger partial charge in [-0.1, -0.05) is 13.8 Å². The van der Waals surface area contributed by atoms with Crippen molar-refractivity contribution in [3.05, 3.63) is 0 Å². The van der Waals surface area contributed by atoms with Gasteiger partial charge in [-0.05, 0) is 19.8 Å². The van der Waals surface area contributed by atoms with Crippen molar-refractivity contribution in [3.63, 3.8) is 0 Å². The topological polar surface area (TPSA) is 24.5 Å². The van der Waals surface area contributed by atoms with E-state index >= 15 is 0 Å². The molecule has 3 nitrogen and oxygen atoms in total. The number of hydrogen-bond donors (Lipinski definition) is 1. The first-order chi connectivity index (χ1) is 6.99. The molecule has 0 radical (unpaired) electrons. The van der Waals surface area contributed by atoms with Crippen LogP contribution >= 0.6 is 0 Å². The first-order valence-electron chi connectivity index (χ1n) is 5.95. The van der Waals surface area contributed by atoms with E-state index in [1.165, 1.54) is 0 Å². The van der Waals surface area contributed by atoms with Crippen LogP contribution in [0.15, 0.2) is 0 Å². The van der Waals surface area contributed by atoms with E-state index in [2.05, 4.69) is 37.9 Å². The molecule has 1 heterocycles. The molecule has 1 saturated heterocycles. The zero-order valence-corrected chi connectivity index (χ0v) is 10.8. The predicted octanol–water partition coefficient (Wildman–Crippen LogP) is 1.34. The van der Waals surface area contributed by atoms with Gasteiger partial charge in [-0.25, -0.2) is 0 Å². The van der Waals surface area contributed by atoms with E-state index in [-0.39, 0.29) is 5.54 Å². The van der Waals surface area contributed by atoms with Gasteiger partial charge >= 0.3 is 0 Å². The van der Waals surface area contributed by atoms with E-state index in [1.54, 1.807) is 7.11 Å². The number of methoxy groups -OCH3 is 1. The highest BCUT2D eigenvalue weighted by Crippen LogP contribution is 2.23. The number of piperazine rings is 1. The fourth-order valence-electron chi connectivity index (χ4n) is 2.43. The van der Waals surface area contributed by atoms with Gasteiger partial charge in [0, 0.05) is 38.3 Å². The number of nitrogens with one attached hydrogen (secondary N) is 1. The van der Waals surface area contributed by atoms with Crippen LogP contribution in [0, 0.1) is 5.92 Å². The van der Waals surface area contributed by atoms with E-state index < -0.39 is 0 Å². The second kappa shape index (κ2) is 5.28. The van der Waals surface area contributed by atoms with Crippen LogP contribution in [0.25, 0.3) is 0 Å². The maximum absolute atomic E-state index is 5.35. The summed E-state index contributed by atoms with van der Waals surface area (Å²) in [6.07, 6.45) is 0. The zero-order chi connectivity index (χ0) is 11.5. The van der Waals surface area contributed by atoms with Crippen molar-refractivity contribution in [2.45, 2.75) is 39.3 Å². The normalized spacial score (nSPS) is 24.4. The molecular formula is C12H26N2O. The van der Waals surface area contributed by atoms with Gasteiger partial charge in [0.15, 0.2) is 0 Å². The number of ether oxygens (including phenoxy) is 1. The minimum atomic E-state index is 0.242. The van der Waals surface area contributed by atoms with Crippen LogP contribution in [0.4, 0.5) is 0 Å². The van der Waals surface area contributed by atoms with E-state index in [1.807, 2.05) is 0 Å². The minimum Gasteiger partial charge on any atom is -0.383 e. The highest BCUT2D eigenvalue weighted by atomic mass is 16.5. The smallest absolute Gasteiger partial charge is 0.0620 e. The molecule has 0 amide bonds. The monoisotopic (exact) mass is 214 g/mol. The quantitative estimate of drug-likeness (QED) is 0.764. The Morgan fingerprint density at radius 2 is 2.07 bits per heavy atom. The molecular weight excluding hydrogens is 188 g/mol. The summed E-state index contributed by atoms with van der Waals surface area (Å²) in [5.74, 6) is 0.641. The summed E-state index contributed by atoms with van der Waals surface area (Å²) < 4.78 is 5.35. The second-order valence-electron chi connectivity index (χ2n) is 5.45. The fourth-order valence-corrected chi connectivity index (χ4v) is 2.43. The van der Waals surface area contributed by atoms with Gasteiger partial charge in [0.1, 0.15) is 0 Å². The number of hydrogen-bond acceptors (Lipinski definition) is 3. The van der Waals surface area contributed by atoms with Crippen molar-refractivity contribution in [2.75, 3.05) is 33.4 Å². The van der Waals surface area contributed by atoms with Crippen molar-refractivity contribution in [3.8, 4) is 0 Å². The van der Waals surface area contributed by atoms with Crippen LogP contribution in [0.3, 0.4) is 0 Å². The Kier molecular flexibility index (Phi) is 4.56. The molecule has 0 aromatic rings. The van der Waals surface area contributed by atoms with Crippen LogP contribution < -0.4 is 5.32 Å². The Labute approximate surface area is 94.2 Å². The van der Waals surface area contributed by atoms with Crippen LogP contribution in [0.2, 0.25) is 0 Å². The summed E-state index contributed by atoms with van der Waals surface area (Å²) in [7, 11) is 1.80. The molecule has 0 bridgehead atoms. The number of nitrogens with zero attached hydrogens (tertiary/aromatic N) is 1. The molecule has 90 valence electrons. The standard InChI is InChI=1S/C12H26N2O/c1-10(2)11(8-15-5)14-7-6-13-9-12(14,3)4/h10-11,13H,6-9H2,1-5H3. The average Bonchev–Trinajstić information content (AvgIpc) is 2.14. The van der Waals surface area contributed by atoms with Gasteiger partial charge < -0.3 is 10.1 Å². The van der Waals surface area contributed by atoms with Crippen LogP contribution in [-0.4, -0.2) is 49.8 Å². The molecule has 1 atom stereocenters. The lowest BCUT2D eigenvalue weighted by Crippen LogP contribution is -2.63. The SMILES string of the molecule is COCC(C(C)C)N1CCNCC1(C)C. The summed E-state index contributed by atoms with van der Waals surface area (Å²) in [6, 6.07) is 0.534. The lowest BCUT2D eigenvalue weighted by molar-refractivity contribution is -0.0122. The third-order valence-corrected chi connectivity index (χ3v) is 3.37.